The quantitative estimate of drug-likeness (QED) is 0.165. The molecule has 8 aromatic carbocycles. The highest BCUT2D eigenvalue weighted by Gasteiger charge is 2.59. The number of hydrogen-bond acceptors (Lipinski definition) is 5. The highest BCUT2D eigenvalue weighted by molar-refractivity contribution is 7.01. The van der Waals surface area contributed by atoms with Crippen molar-refractivity contribution < 1.29 is 8.83 Å². The summed E-state index contributed by atoms with van der Waals surface area (Å²) >= 11 is 0. The maximum absolute atomic E-state index is 7.40. The third-order valence-electron chi connectivity index (χ3n) is 22.5. The van der Waals surface area contributed by atoms with E-state index >= 15 is 0 Å². The van der Waals surface area contributed by atoms with Gasteiger partial charge in [-0.05, 0) is 195 Å². The van der Waals surface area contributed by atoms with E-state index in [2.05, 4.69) is 244 Å². The zero-order chi connectivity index (χ0) is 56.6. The van der Waals surface area contributed by atoms with Crippen molar-refractivity contribution in [2.45, 2.75) is 179 Å². The molecule has 6 heteroatoms. The van der Waals surface area contributed by atoms with E-state index in [9.17, 15) is 0 Å². The Kier molecular flexibility index (Phi) is 10.1. The van der Waals surface area contributed by atoms with E-state index < -0.39 is 0 Å². The average Bonchev–Trinajstić information content (AvgIpc) is 1.50. The van der Waals surface area contributed by atoms with E-state index in [0.717, 1.165) is 87.4 Å². The molecule has 0 bridgehead atoms. The molecule has 10 aromatic rings. The molecular formula is C76H78BN3O2. The maximum atomic E-state index is 7.40. The van der Waals surface area contributed by atoms with Gasteiger partial charge < -0.3 is 23.5 Å². The van der Waals surface area contributed by atoms with Gasteiger partial charge in [-0.15, -0.1) is 0 Å². The summed E-state index contributed by atoms with van der Waals surface area (Å²) < 4.78 is 14.2. The Balaban J connectivity index is 1.09. The SMILES string of the molecule is CC(C)(C)c1ccc2c(c1)C1(C)CCCCC1(C)N2c1cc2c3c(c1)N(c1cccc4oc5ccccc5c14)c1ccc4c(oc5ccccc54)c1B3c1cc3c(cc1N2c1ccc2c(c1)C(C)(C)CCC2(C)C)C(C)(C)CCC3(C)C. The number of benzene rings is 8. The summed E-state index contributed by atoms with van der Waals surface area (Å²) in [6, 6.07) is 54.6. The Hall–Kier alpha value is -7.18. The molecule has 16 rings (SSSR count). The first kappa shape index (κ1) is 50.5. The summed E-state index contributed by atoms with van der Waals surface area (Å²) in [5, 5.41) is 4.53. The second-order valence-electron chi connectivity index (χ2n) is 30.1. The molecule has 5 heterocycles. The second-order valence-corrected chi connectivity index (χ2v) is 30.1. The lowest BCUT2D eigenvalue weighted by Crippen LogP contribution is -2.62. The van der Waals surface area contributed by atoms with E-state index in [4.69, 9.17) is 8.83 Å². The monoisotopic (exact) mass is 1080 g/mol. The lowest BCUT2D eigenvalue weighted by atomic mass is 9.33. The standard InChI is InChI=1S/C76H78BN3O2/c1-70(2,3)45-27-31-57-55(39-45)75(12)33-18-19-34-76(75,13)80(57)47-41-61-67-62(42-47)79(58-23-20-26-65-66(58)50-22-15-17-25-64(50)81-65)59-32-29-49-48-21-14-16-24-63(48)82-69(49)68(59)77(67)56-43-53-54(74(10,11)38-37-73(53,8)9)44-60(56)78(61)46-28-30-51-52(40-46)72(6,7)36-35-71(51,4)5/h14-17,20-32,39-44H,18-19,33-38H2,1-13H3. The molecule has 82 heavy (non-hydrogen) atoms. The Morgan fingerprint density at radius 1 is 0.415 bits per heavy atom. The zero-order valence-corrected chi connectivity index (χ0v) is 50.7. The lowest BCUT2D eigenvalue weighted by molar-refractivity contribution is 0.195. The van der Waals surface area contributed by atoms with E-state index in [1.54, 1.807) is 0 Å². The molecule has 2 aromatic heterocycles. The van der Waals surface area contributed by atoms with Crippen LogP contribution >= 0.6 is 0 Å². The predicted molar refractivity (Wildman–Crippen MR) is 347 cm³/mol. The number of para-hydroxylation sites is 2. The van der Waals surface area contributed by atoms with Gasteiger partial charge in [0.25, 0.3) is 6.71 Å². The van der Waals surface area contributed by atoms with Crippen LogP contribution in [-0.4, -0.2) is 12.3 Å². The third-order valence-corrected chi connectivity index (χ3v) is 22.5. The number of nitrogens with zero attached hydrogens (tertiary/aromatic N) is 3. The second kappa shape index (κ2) is 16.3. The van der Waals surface area contributed by atoms with Crippen LogP contribution in [0.4, 0.5) is 45.5 Å². The van der Waals surface area contributed by atoms with Crippen molar-refractivity contribution in [2.24, 2.45) is 0 Å². The van der Waals surface area contributed by atoms with Crippen molar-refractivity contribution in [1.29, 1.82) is 0 Å². The number of hydrogen-bond donors (Lipinski definition) is 0. The summed E-state index contributed by atoms with van der Waals surface area (Å²) in [5.41, 5.74) is 25.9. The summed E-state index contributed by atoms with van der Waals surface area (Å²) in [6.45, 7) is 32.0. The molecular weight excluding hydrogens is 998 g/mol. The normalized spacial score (nSPS) is 22.5. The van der Waals surface area contributed by atoms with Gasteiger partial charge in [0.2, 0.25) is 0 Å². The van der Waals surface area contributed by atoms with E-state index in [1.165, 1.54) is 103 Å². The molecule has 6 aliphatic rings. The Bertz CT molecular complexity index is 4430. The summed E-state index contributed by atoms with van der Waals surface area (Å²) in [5.74, 6) is 0. The number of rotatable bonds is 3. The zero-order valence-electron chi connectivity index (χ0n) is 50.7. The van der Waals surface area contributed by atoms with Crippen LogP contribution in [0.25, 0.3) is 43.9 Å². The molecule has 5 nitrogen and oxygen atoms in total. The number of anilines is 8. The van der Waals surface area contributed by atoms with Crippen LogP contribution in [0.1, 0.15) is 175 Å². The third kappa shape index (κ3) is 6.64. The highest BCUT2D eigenvalue weighted by Crippen LogP contribution is 2.63. The highest BCUT2D eigenvalue weighted by atomic mass is 16.3. The van der Waals surface area contributed by atoms with Gasteiger partial charge in [0.1, 0.15) is 22.3 Å². The van der Waals surface area contributed by atoms with Gasteiger partial charge in [0.15, 0.2) is 0 Å². The first-order valence-electron chi connectivity index (χ1n) is 30.9. The van der Waals surface area contributed by atoms with Gasteiger partial charge in [0.05, 0.1) is 16.6 Å². The summed E-state index contributed by atoms with van der Waals surface area (Å²) in [7, 11) is 0. The first-order valence-corrected chi connectivity index (χ1v) is 30.9. The van der Waals surface area contributed by atoms with Gasteiger partial charge in [-0.2, -0.15) is 0 Å². The average molecular weight is 1080 g/mol. The van der Waals surface area contributed by atoms with Crippen LogP contribution in [0.15, 0.2) is 148 Å². The van der Waals surface area contributed by atoms with Crippen LogP contribution in [-0.2, 0) is 32.5 Å². The lowest BCUT2D eigenvalue weighted by Gasteiger charge is -2.51. The first-order chi connectivity index (χ1) is 39.0. The molecule has 1 fully saturated rings. The Morgan fingerprint density at radius 3 is 1.74 bits per heavy atom. The molecule has 412 valence electrons. The van der Waals surface area contributed by atoms with Crippen LogP contribution in [0.5, 0.6) is 0 Å². The van der Waals surface area contributed by atoms with Gasteiger partial charge >= 0.3 is 0 Å². The van der Waals surface area contributed by atoms with E-state index in [-0.39, 0.29) is 44.7 Å². The Morgan fingerprint density at radius 2 is 1.02 bits per heavy atom. The van der Waals surface area contributed by atoms with Gasteiger partial charge in [-0.3, -0.25) is 0 Å². The van der Waals surface area contributed by atoms with Crippen molar-refractivity contribution >= 4 is 112 Å². The van der Waals surface area contributed by atoms with Gasteiger partial charge in [0, 0.05) is 61.4 Å². The topological polar surface area (TPSA) is 36.0 Å². The molecule has 0 radical (unpaired) electrons. The van der Waals surface area contributed by atoms with Crippen LogP contribution in [0.3, 0.4) is 0 Å². The van der Waals surface area contributed by atoms with Crippen molar-refractivity contribution in [3.05, 3.63) is 173 Å². The number of fused-ring (bicyclic) bond motifs is 16. The fraction of sp³-hybridized carbons (Fsp3) is 0.368. The van der Waals surface area contributed by atoms with Gasteiger partial charge in [-0.25, -0.2) is 0 Å². The molecule has 3 aliphatic carbocycles. The molecule has 0 N–H and O–H groups in total. The van der Waals surface area contributed by atoms with Crippen LogP contribution in [0, 0.1) is 0 Å². The van der Waals surface area contributed by atoms with Crippen LogP contribution < -0.4 is 31.1 Å². The Labute approximate surface area is 485 Å². The minimum absolute atomic E-state index is 0.00501. The van der Waals surface area contributed by atoms with Crippen LogP contribution in [0.2, 0.25) is 0 Å². The fourth-order valence-electron chi connectivity index (χ4n) is 17.2. The summed E-state index contributed by atoms with van der Waals surface area (Å²) in [4.78, 5) is 8.23. The van der Waals surface area contributed by atoms with Crippen molar-refractivity contribution in [3.63, 3.8) is 0 Å². The smallest absolute Gasteiger partial charge is 0.257 e. The molecule has 0 amide bonds. The number of furan rings is 2. The van der Waals surface area contributed by atoms with Crippen molar-refractivity contribution in [2.75, 3.05) is 14.7 Å². The molecule has 0 spiro atoms. The van der Waals surface area contributed by atoms with E-state index in [0.29, 0.717) is 0 Å². The van der Waals surface area contributed by atoms with Crippen molar-refractivity contribution in [3.8, 4) is 0 Å². The molecule has 1 saturated carbocycles. The fourth-order valence-corrected chi connectivity index (χ4v) is 17.2. The van der Waals surface area contributed by atoms with E-state index in [1.807, 2.05) is 0 Å². The molecule has 0 saturated heterocycles. The molecule has 3 aliphatic heterocycles. The predicted octanol–water partition coefficient (Wildman–Crippen LogP) is 19.3. The molecule has 2 atom stereocenters. The van der Waals surface area contributed by atoms with Gasteiger partial charge in [-0.1, -0.05) is 163 Å². The minimum Gasteiger partial charge on any atom is -0.457 e. The molecule has 2 unspecified atom stereocenters. The largest absolute Gasteiger partial charge is 0.457 e. The maximum Gasteiger partial charge on any atom is 0.257 e. The minimum atomic E-state index is -0.198. The van der Waals surface area contributed by atoms with Crippen molar-refractivity contribution in [1.82, 2.24) is 0 Å². The summed E-state index contributed by atoms with van der Waals surface area (Å²) in [6.07, 6.45) is 9.27.